The lowest BCUT2D eigenvalue weighted by molar-refractivity contribution is -0.143. The maximum Gasteiger partial charge on any atom is 0.401 e. The van der Waals surface area contributed by atoms with E-state index in [1.165, 1.54) is 17.7 Å². The maximum absolute atomic E-state index is 12.0. The van der Waals surface area contributed by atoms with Crippen molar-refractivity contribution in [3.8, 4) is 0 Å². The van der Waals surface area contributed by atoms with E-state index < -0.39 is 12.7 Å². The van der Waals surface area contributed by atoms with E-state index in [1.807, 2.05) is 0 Å². The van der Waals surface area contributed by atoms with Gasteiger partial charge >= 0.3 is 6.18 Å². The van der Waals surface area contributed by atoms with E-state index in [0.29, 0.717) is 19.1 Å². The van der Waals surface area contributed by atoms with E-state index in [0.717, 1.165) is 6.42 Å². The quantitative estimate of drug-likeness (QED) is 0.753. The molecule has 2 aliphatic rings. The molecule has 2 nitrogen and oxygen atoms in total. The predicted molar refractivity (Wildman–Crippen MR) is 47.1 cm³/mol. The van der Waals surface area contributed by atoms with E-state index in [2.05, 4.69) is 5.32 Å². The Bertz CT molecular complexity index is 201. The molecule has 1 aliphatic heterocycles. The largest absolute Gasteiger partial charge is 0.401 e. The lowest BCUT2D eigenvalue weighted by Gasteiger charge is -2.18. The highest BCUT2D eigenvalue weighted by Crippen LogP contribution is 2.23. The Morgan fingerprint density at radius 3 is 2.43 bits per heavy atom. The van der Waals surface area contributed by atoms with Gasteiger partial charge in [0.25, 0.3) is 0 Å². The average molecular weight is 208 g/mol. The topological polar surface area (TPSA) is 15.3 Å². The number of hydrogen-bond acceptors (Lipinski definition) is 2. The van der Waals surface area contributed by atoms with Gasteiger partial charge in [-0.05, 0) is 19.3 Å². The fourth-order valence-corrected chi connectivity index (χ4v) is 1.95. The molecule has 1 heterocycles. The fourth-order valence-electron chi connectivity index (χ4n) is 1.95. The Morgan fingerprint density at radius 2 is 1.86 bits per heavy atom. The third-order valence-electron chi connectivity index (χ3n) is 2.72. The lowest BCUT2D eigenvalue weighted by atomic mass is 10.2. The Kier molecular flexibility index (Phi) is 2.70. The molecule has 1 saturated carbocycles. The molecule has 0 aromatic heterocycles. The van der Waals surface area contributed by atoms with Crippen molar-refractivity contribution in [3.05, 3.63) is 0 Å². The number of nitrogens with one attached hydrogen (secondary N) is 1. The zero-order chi connectivity index (χ0) is 10.2. The van der Waals surface area contributed by atoms with E-state index >= 15 is 0 Å². The third kappa shape index (κ3) is 3.13. The van der Waals surface area contributed by atoms with Crippen molar-refractivity contribution in [1.82, 2.24) is 10.2 Å². The highest BCUT2D eigenvalue weighted by molar-refractivity contribution is 4.89. The molecule has 1 N–H and O–H groups in total. The third-order valence-corrected chi connectivity index (χ3v) is 2.72. The van der Waals surface area contributed by atoms with Crippen LogP contribution in [0.25, 0.3) is 0 Å². The Morgan fingerprint density at radius 1 is 1.14 bits per heavy atom. The van der Waals surface area contributed by atoms with Crippen LogP contribution in [0.3, 0.4) is 0 Å². The van der Waals surface area contributed by atoms with Crippen molar-refractivity contribution >= 4 is 0 Å². The van der Waals surface area contributed by atoms with E-state index in [1.54, 1.807) is 0 Å². The van der Waals surface area contributed by atoms with E-state index in [4.69, 9.17) is 0 Å². The zero-order valence-electron chi connectivity index (χ0n) is 7.98. The molecule has 0 bridgehead atoms. The summed E-state index contributed by atoms with van der Waals surface area (Å²) < 4.78 is 36.1. The molecule has 1 unspecified atom stereocenters. The van der Waals surface area contributed by atoms with Crippen molar-refractivity contribution < 1.29 is 13.2 Å². The molecule has 0 spiro atoms. The molecular weight excluding hydrogens is 193 g/mol. The van der Waals surface area contributed by atoms with Gasteiger partial charge in [0.1, 0.15) is 0 Å². The minimum absolute atomic E-state index is 0.282. The van der Waals surface area contributed by atoms with Gasteiger partial charge in [0, 0.05) is 25.2 Å². The first kappa shape index (κ1) is 10.2. The van der Waals surface area contributed by atoms with Gasteiger partial charge in [0.05, 0.1) is 6.54 Å². The van der Waals surface area contributed by atoms with Crippen molar-refractivity contribution in [2.24, 2.45) is 0 Å². The first-order chi connectivity index (χ1) is 6.53. The number of rotatable bonds is 3. The summed E-state index contributed by atoms with van der Waals surface area (Å²) in [5.74, 6) is 0. The SMILES string of the molecule is FC(F)(F)CN1CCC(NC2CC2)C1. The van der Waals surface area contributed by atoms with Crippen molar-refractivity contribution in [1.29, 1.82) is 0 Å². The molecule has 2 rings (SSSR count). The van der Waals surface area contributed by atoms with Gasteiger partial charge in [0.2, 0.25) is 0 Å². The van der Waals surface area contributed by atoms with Crippen LogP contribution >= 0.6 is 0 Å². The summed E-state index contributed by atoms with van der Waals surface area (Å²) in [5.41, 5.74) is 0. The fraction of sp³-hybridized carbons (Fsp3) is 1.00. The summed E-state index contributed by atoms with van der Waals surface area (Å²) >= 11 is 0. The second-order valence-corrected chi connectivity index (χ2v) is 4.28. The molecule has 1 aliphatic carbocycles. The first-order valence-corrected chi connectivity index (χ1v) is 5.08. The minimum Gasteiger partial charge on any atom is -0.310 e. The Labute approximate surface area is 81.5 Å². The zero-order valence-corrected chi connectivity index (χ0v) is 7.98. The summed E-state index contributed by atoms with van der Waals surface area (Å²) in [7, 11) is 0. The molecule has 5 heteroatoms. The number of hydrogen-bond donors (Lipinski definition) is 1. The molecule has 0 radical (unpaired) electrons. The van der Waals surface area contributed by atoms with E-state index in [9.17, 15) is 13.2 Å². The van der Waals surface area contributed by atoms with Crippen LogP contribution in [0.5, 0.6) is 0 Å². The highest BCUT2D eigenvalue weighted by Gasteiger charge is 2.35. The number of nitrogens with zero attached hydrogens (tertiary/aromatic N) is 1. The molecule has 0 aromatic carbocycles. The predicted octanol–water partition coefficient (Wildman–Crippen LogP) is 1.37. The number of likely N-dealkylation sites (tertiary alicyclic amines) is 1. The molecular formula is C9H15F3N2. The second-order valence-electron chi connectivity index (χ2n) is 4.28. The van der Waals surface area contributed by atoms with Crippen LogP contribution < -0.4 is 5.32 Å². The molecule has 1 saturated heterocycles. The standard InChI is InChI=1S/C9H15F3N2/c10-9(11,12)6-14-4-3-8(5-14)13-7-1-2-7/h7-8,13H,1-6H2. The summed E-state index contributed by atoms with van der Waals surface area (Å²) in [6.45, 7) is 0.371. The van der Waals surface area contributed by atoms with E-state index in [-0.39, 0.29) is 6.04 Å². The van der Waals surface area contributed by atoms with Crippen LogP contribution in [0.2, 0.25) is 0 Å². The minimum atomic E-state index is -4.05. The van der Waals surface area contributed by atoms with Crippen LogP contribution in [-0.2, 0) is 0 Å². The summed E-state index contributed by atoms with van der Waals surface area (Å²) in [6.07, 6.45) is -0.813. The average Bonchev–Trinajstić information content (AvgIpc) is 2.71. The van der Waals surface area contributed by atoms with Gasteiger partial charge in [0.15, 0.2) is 0 Å². The lowest BCUT2D eigenvalue weighted by Crippen LogP contribution is -2.37. The molecule has 1 atom stereocenters. The Hall–Kier alpha value is -0.290. The smallest absolute Gasteiger partial charge is 0.310 e. The molecule has 14 heavy (non-hydrogen) atoms. The van der Waals surface area contributed by atoms with Crippen LogP contribution in [0.4, 0.5) is 13.2 Å². The van der Waals surface area contributed by atoms with Crippen LogP contribution in [0.1, 0.15) is 19.3 Å². The maximum atomic E-state index is 12.0. The normalized spacial score (nSPS) is 29.8. The summed E-state index contributed by atoms with van der Waals surface area (Å²) in [6, 6.07) is 0.871. The van der Waals surface area contributed by atoms with Crippen molar-refractivity contribution in [2.75, 3.05) is 19.6 Å². The van der Waals surface area contributed by atoms with Gasteiger partial charge in [-0.15, -0.1) is 0 Å². The van der Waals surface area contributed by atoms with Gasteiger partial charge in [-0.1, -0.05) is 0 Å². The van der Waals surface area contributed by atoms with Gasteiger partial charge in [-0.2, -0.15) is 13.2 Å². The van der Waals surface area contributed by atoms with Crippen LogP contribution in [-0.4, -0.2) is 42.8 Å². The summed E-state index contributed by atoms with van der Waals surface area (Å²) in [4.78, 5) is 1.49. The van der Waals surface area contributed by atoms with Crippen molar-refractivity contribution in [2.45, 2.75) is 37.5 Å². The van der Waals surface area contributed by atoms with Crippen molar-refractivity contribution in [3.63, 3.8) is 0 Å². The molecule has 0 aromatic rings. The van der Waals surface area contributed by atoms with Gasteiger partial charge < -0.3 is 5.32 Å². The molecule has 0 amide bonds. The van der Waals surface area contributed by atoms with Crippen LogP contribution in [0.15, 0.2) is 0 Å². The second kappa shape index (κ2) is 3.70. The monoisotopic (exact) mass is 208 g/mol. The number of halogens is 3. The Balaban J connectivity index is 1.70. The van der Waals surface area contributed by atoms with Crippen LogP contribution in [0, 0.1) is 0 Å². The van der Waals surface area contributed by atoms with Gasteiger partial charge in [-0.25, -0.2) is 0 Å². The molecule has 82 valence electrons. The highest BCUT2D eigenvalue weighted by atomic mass is 19.4. The summed E-state index contributed by atoms with van der Waals surface area (Å²) in [5, 5.41) is 3.36. The molecule has 2 fully saturated rings. The van der Waals surface area contributed by atoms with Gasteiger partial charge in [-0.3, -0.25) is 4.90 Å². The first-order valence-electron chi connectivity index (χ1n) is 5.08. The number of alkyl halides is 3.